The third-order valence-electron chi connectivity index (χ3n) is 2.95. The molecule has 0 aromatic carbocycles. The number of anilines is 1. The zero-order valence-corrected chi connectivity index (χ0v) is 12.9. The highest BCUT2D eigenvalue weighted by Crippen LogP contribution is 2.22. The van der Waals surface area contributed by atoms with Gasteiger partial charge in [-0.05, 0) is 38.3 Å². The molecule has 0 aliphatic rings. The molecule has 0 aliphatic heterocycles. The maximum Gasteiger partial charge on any atom is 0.303 e. The topological polar surface area (TPSA) is 93.4 Å². The molecule has 0 spiro atoms. The van der Waals surface area contributed by atoms with Crippen molar-refractivity contribution < 1.29 is 14.7 Å². The average Bonchev–Trinajstić information content (AvgIpc) is 2.84. The zero-order valence-electron chi connectivity index (χ0n) is 12.1. The summed E-state index contributed by atoms with van der Waals surface area (Å²) in [7, 11) is 0. The Morgan fingerprint density at radius 3 is 2.81 bits per heavy atom. The Labute approximate surface area is 128 Å². The van der Waals surface area contributed by atoms with E-state index in [0.717, 1.165) is 0 Å². The summed E-state index contributed by atoms with van der Waals surface area (Å²) in [6.07, 6.45) is 0.595. The summed E-state index contributed by atoms with van der Waals surface area (Å²) >= 11 is 1.31. The van der Waals surface area contributed by atoms with Crippen molar-refractivity contribution >= 4 is 28.2 Å². The molecule has 2 N–H and O–H groups in total. The van der Waals surface area contributed by atoms with E-state index in [1.165, 1.54) is 11.3 Å². The molecule has 1 rings (SSSR count). The quantitative estimate of drug-likeness (QED) is 0.767. The molecule has 1 amide bonds. The number of nitrogens with zero attached hydrogens (tertiary/aromatic N) is 2. The predicted octanol–water partition coefficient (Wildman–Crippen LogP) is 2.13. The lowest BCUT2D eigenvalue weighted by atomic mass is 10.2. The number of carbonyl (C=O) groups is 2. The Bertz CT molecular complexity index is 534. The normalized spacial score (nSPS) is 10.6. The zero-order chi connectivity index (χ0) is 15.8. The van der Waals surface area contributed by atoms with Crippen molar-refractivity contribution in [3.8, 4) is 6.07 Å². The number of hydrogen-bond acceptors (Lipinski definition) is 5. The summed E-state index contributed by atoms with van der Waals surface area (Å²) in [5, 5.41) is 22.6. The molecule has 1 heterocycles. The predicted molar refractivity (Wildman–Crippen MR) is 81.2 cm³/mol. The molecule has 0 bridgehead atoms. The van der Waals surface area contributed by atoms with Crippen LogP contribution in [0.1, 0.15) is 32.3 Å². The van der Waals surface area contributed by atoms with Crippen LogP contribution in [0.5, 0.6) is 0 Å². The molecule has 1 aromatic rings. The van der Waals surface area contributed by atoms with Gasteiger partial charge in [0, 0.05) is 12.5 Å². The van der Waals surface area contributed by atoms with Crippen LogP contribution < -0.4 is 5.32 Å². The molecule has 7 heteroatoms. The van der Waals surface area contributed by atoms with E-state index in [4.69, 9.17) is 10.4 Å². The van der Waals surface area contributed by atoms with E-state index >= 15 is 0 Å². The second-order valence-corrected chi connectivity index (χ2v) is 5.80. The van der Waals surface area contributed by atoms with E-state index < -0.39 is 5.97 Å². The van der Waals surface area contributed by atoms with E-state index in [1.54, 1.807) is 11.4 Å². The monoisotopic (exact) mass is 309 g/mol. The van der Waals surface area contributed by atoms with Crippen LogP contribution >= 0.6 is 11.3 Å². The van der Waals surface area contributed by atoms with Gasteiger partial charge < -0.3 is 10.4 Å². The molecular formula is C14H19N3O3S. The minimum absolute atomic E-state index is 0.0916. The second-order valence-electron chi connectivity index (χ2n) is 4.88. The number of carbonyl (C=O) groups excluding carboxylic acids is 1. The minimum Gasteiger partial charge on any atom is -0.481 e. The lowest BCUT2D eigenvalue weighted by Crippen LogP contribution is -2.38. The summed E-state index contributed by atoms with van der Waals surface area (Å²) in [6.45, 7) is 4.65. The Morgan fingerprint density at radius 2 is 2.24 bits per heavy atom. The van der Waals surface area contributed by atoms with Crippen LogP contribution in [0.25, 0.3) is 0 Å². The highest BCUT2D eigenvalue weighted by Gasteiger charge is 2.16. The number of nitriles is 1. The fraction of sp³-hybridized carbons (Fsp3) is 0.500. The highest BCUT2D eigenvalue weighted by atomic mass is 32.1. The first-order valence-corrected chi connectivity index (χ1v) is 7.55. The Morgan fingerprint density at radius 1 is 1.52 bits per heavy atom. The number of carboxylic acids is 1. The van der Waals surface area contributed by atoms with Crippen LogP contribution in [-0.2, 0) is 9.59 Å². The van der Waals surface area contributed by atoms with Crippen molar-refractivity contribution in [1.29, 1.82) is 5.26 Å². The third kappa shape index (κ3) is 5.94. The molecule has 0 saturated heterocycles. The molecule has 0 saturated carbocycles. The number of aliphatic carboxylic acids is 1. The van der Waals surface area contributed by atoms with Crippen LogP contribution in [0, 0.1) is 11.3 Å². The standard InChI is InChI=1S/C14H19N3O3S/c1-10(2)17(6-3-4-13(19)20)9-12(18)16-14-11(8-15)5-7-21-14/h5,7,10H,3-4,6,9H2,1-2H3,(H,16,18)(H,19,20). The summed E-state index contributed by atoms with van der Waals surface area (Å²) in [6, 6.07) is 3.82. The smallest absolute Gasteiger partial charge is 0.303 e. The van der Waals surface area contributed by atoms with Gasteiger partial charge >= 0.3 is 5.97 Å². The fourth-order valence-electron chi connectivity index (χ4n) is 1.80. The molecular weight excluding hydrogens is 290 g/mol. The van der Waals surface area contributed by atoms with Crippen molar-refractivity contribution in [3.05, 3.63) is 17.0 Å². The fourth-order valence-corrected chi connectivity index (χ4v) is 2.55. The van der Waals surface area contributed by atoms with Crippen molar-refractivity contribution in [3.63, 3.8) is 0 Å². The van der Waals surface area contributed by atoms with E-state index in [1.807, 2.05) is 24.8 Å². The lowest BCUT2D eigenvalue weighted by molar-refractivity contribution is -0.137. The van der Waals surface area contributed by atoms with Crippen molar-refractivity contribution in [2.45, 2.75) is 32.7 Å². The molecule has 0 fully saturated rings. The van der Waals surface area contributed by atoms with Gasteiger partial charge in [0.05, 0.1) is 12.1 Å². The average molecular weight is 309 g/mol. The first-order valence-electron chi connectivity index (χ1n) is 6.67. The van der Waals surface area contributed by atoms with Gasteiger partial charge in [0.15, 0.2) is 0 Å². The minimum atomic E-state index is -0.833. The molecule has 0 aliphatic carbocycles. The highest BCUT2D eigenvalue weighted by molar-refractivity contribution is 7.14. The van der Waals surface area contributed by atoms with Gasteiger partial charge in [0.2, 0.25) is 5.91 Å². The largest absolute Gasteiger partial charge is 0.481 e. The van der Waals surface area contributed by atoms with Gasteiger partial charge in [-0.2, -0.15) is 5.26 Å². The van der Waals surface area contributed by atoms with E-state index in [9.17, 15) is 9.59 Å². The lowest BCUT2D eigenvalue weighted by Gasteiger charge is -2.25. The summed E-state index contributed by atoms with van der Waals surface area (Å²) in [4.78, 5) is 24.5. The first-order chi connectivity index (χ1) is 9.93. The number of rotatable bonds is 8. The SMILES string of the molecule is CC(C)N(CCCC(=O)O)CC(=O)Nc1sccc1C#N. The number of amides is 1. The van der Waals surface area contributed by atoms with Crippen molar-refractivity contribution in [2.24, 2.45) is 0 Å². The van der Waals surface area contributed by atoms with E-state index in [0.29, 0.717) is 23.5 Å². The second kappa shape index (κ2) is 8.39. The van der Waals surface area contributed by atoms with E-state index in [-0.39, 0.29) is 24.9 Å². The molecule has 0 radical (unpaired) electrons. The van der Waals surface area contributed by atoms with Crippen LogP contribution in [0.4, 0.5) is 5.00 Å². The van der Waals surface area contributed by atoms with Gasteiger partial charge in [-0.15, -0.1) is 11.3 Å². The van der Waals surface area contributed by atoms with Crippen LogP contribution in [0.15, 0.2) is 11.4 Å². The molecule has 21 heavy (non-hydrogen) atoms. The number of hydrogen-bond donors (Lipinski definition) is 2. The Balaban J connectivity index is 2.53. The van der Waals surface area contributed by atoms with Crippen molar-refractivity contribution in [1.82, 2.24) is 4.90 Å². The Kier molecular flexibility index (Phi) is 6.85. The van der Waals surface area contributed by atoms with Gasteiger partial charge in [-0.3, -0.25) is 14.5 Å². The molecule has 1 aromatic heterocycles. The summed E-state index contributed by atoms with van der Waals surface area (Å²) in [5.74, 6) is -1.03. The number of nitrogens with one attached hydrogen (secondary N) is 1. The molecule has 114 valence electrons. The number of thiophene rings is 1. The van der Waals surface area contributed by atoms with Crippen LogP contribution in [0.2, 0.25) is 0 Å². The first kappa shape index (κ1) is 17.1. The van der Waals surface area contributed by atoms with Gasteiger partial charge in [-0.1, -0.05) is 0 Å². The molecule has 6 nitrogen and oxygen atoms in total. The Hall–Kier alpha value is -1.91. The summed E-state index contributed by atoms with van der Waals surface area (Å²) in [5.41, 5.74) is 0.454. The molecule has 0 unspecified atom stereocenters. The number of carboxylic acid groups (broad SMARTS) is 1. The van der Waals surface area contributed by atoms with Gasteiger partial charge in [-0.25, -0.2) is 0 Å². The summed E-state index contributed by atoms with van der Waals surface area (Å²) < 4.78 is 0. The van der Waals surface area contributed by atoms with Crippen molar-refractivity contribution in [2.75, 3.05) is 18.4 Å². The van der Waals surface area contributed by atoms with Gasteiger partial charge in [0.25, 0.3) is 0 Å². The molecule has 0 atom stereocenters. The van der Waals surface area contributed by atoms with Crippen LogP contribution in [0.3, 0.4) is 0 Å². The van der Waals surface area contributed by atoms with Crippen LogP contribution in [-0.4, -0.2) is 41.0 Å². The maximum absolute atomic E-state index is 12.0. The van der Waals surface area contributed by atoms with E-state index in [2.05, 4.69) is 5.32 Å². The maximum atomic E-state index is 12.0. The van der Waals surface area contributed by atoms with Gasteiger partial charge in [0.1, 0.15) is 11.1 Å². The third-order valence-corrected chi connectivity index (χ3v) is 3.78.